The van der Waals surface area contributed by atoms with Gasteiger partial charge >= 0.3 is 6.18 Å². The van der Waals surface area contributed by atoms with E-state index in [9.17, 15) is 13.2 Å². The maximum Gasteiger partial charge on any atom is 0.416 e. The van der Waals surface area contributed by atoms with E-state index in [-0.39, 0.29) is 5.92 Å². The van der Waals surface area contributed by atoms with Crippen LogP contribution in [0.4, 0.5) is 13.2 Å². The van der Waals surface area contributed by atoms with Gasteiger partial charge in [0.2, 0.25) is 0 Å². The van der Waals surface area contributed by atoms with Crippen LogP contribution in [0.25, 0.3) is 0 Å². The van der Waals surface area contributed by atoms with Gasteiger partial charge in [0, 0.05) is 23.7 Å². The fraction of sp³-hybridized carbons (Fsp3) is 0.312. The lowest BCUT2D eigenvalue weighted by atomic mass is 9.92. The van der Waals surface area contributed by atoms with Crippen molar-refractivity contribution in [2.75, 3.05) is 6.54 Å². The van der Waals surface area contributed by atoms with Gasteiger partial charge in [-0.3, -0.25) is 4.99 Å². The standard InChI is InChI=1S/C16H13ClF3N/c1-2-11-9-21-10-13(5-8-15(11)17)12-3-6-14(7-4-12)16(18,19)20/h1,3-4,6-7,9,13H,5,8,10H2. The zero-order valence-corrected chi connectivity index (χ0v) is 11.9. The second-order valence-corrected chi connectivity index (χ2v) is 5.27. The molecule has 1 aliphatic heterocycles. The second kappa shape index (κ2) is 6.36. The lowest BCUT2D eigenvalue weighted by Gasteiger charge is -2.18. The number of rotatable bonds is 1. The summed E-state index contributed by atoms with van der Waals surface area (Å²) in [6.45, 7) is 0.487. The molecule has 21 heavy (non-hydrogen) atoms. The predicted molar refractivity (Wildman–Crippen MR) is 78.5 cm³/mol. The summed E-state index contributed by atoms with van der Waals surface area (Å²) < 4.78 is 37.6. The van der Waals surface area contributed by atoms with Crippen LogP contribution in [0.3, 0.4) is 0 Å². The molecule has 1 atom stereocenters. The quantitative estimate of drug-likeness (QED) is 0.662. The van der Waals surface area contributed by atoms with Crippen LogP contribution in [0.5, 0.6) is 0 Å². The number of hydrogen-bond acceptors (Lipinski definition) is 1. The molecule has 0 spiro atoms. The highest BCUT2D eigenvalue weighted by Gasteiger charge is 2.30. The fourth-order valence-electron chi connectivity index (χ4n) is 2.20. The third-order valence-electron chi connectivity index (χ3n) is 3.42. The van der Waals surface area contributed by atoms with Gasteiger partial charge in [-0.15, -0.1) is 6.42 Å². The molecule has 0 aromatic heterocycles. The number of halogens is 4. The maximum atomic E-state index is 12.5. The number of alkyl halides is 3. The van der Waals surface area contributed by atoms with E-state index in [1.165, 1.54) is 12.1 Å². The second-order valence-electron chi connectivity index (χ2n) is 4.81. The van der Waals surface area contributed by atoms with Crippen LogP contribution in [0.1, 0.15) is 29.9 Å². The lowest BCUT2D eigenvalue weighted by Crippen LogP contribution is -2.09. The molecule has 0 N–H and O–H groups in total. The van der Waals surface area contributed by atoms with Crippen molar-refractivity contribution in [1.82, 2.24) is 0 Å². The molecule has 5 heteroatoms. The number of nitrogens with zero attached hydrogens (tertiary/aromatic N) is 1. The van der Waals surface area contributed by atoms with E-state index in [1.807, 2.05) is 0 Å². The average molecular weight is 312 g/mol. The molecule has 0 bridgehead atoms. The molecule has 0 aliphatic carbocycles. The van der Waals surface area contributed by atoms with E-state index >= 15 is 0 Å². The smallest absolute Gasteiger partial charge is 0.291 e. The highest BCUT2D eigenvalue weighted by atomic mass is 35.5. The molecular weight excluding hydrogens is 299 g/mol. The highest BCUT2D eigenvalue weighted by Crippen LogP contribution is 2.32. The Kier molecular flexibility index (Phi) is 4.74. The fourth-order valence-corrected chi connectivity index (χ4v) is 2.41. The first kappa shape index (κ1) is 15.7. The number of hydrogen-bond donors (Lipinski definition) is 0. The third kappa shape index (κ3) is 3.89. The van der Waals surface area contributed by atoms with Crippen molar-refractivity contribution < 1.29 is 13.2 Å². The van der Waals surface area contributed by atoms with Gasteiger partial charge in [-0.05, 0) is 30.5 Å². The lowest BCUT2D eigenvalue weighted by molar-refractivity contribution is -0.137. The topological polar surface area (TPSA) is 12.4 Å². The van der Waals surface area contributed by atoms with Gasteiger partial charge in [-0.25, -0.2) is 0 Å². The van der Waals surface area contributed by atoms with E-state index in [2.05, 4.69) is 10.9 Å². The van der Waals surface area contributed by atoms with E-state index in [0.29, 0.717) is 30.0 Å². The van der Waals surface area contributed by atoms with Crippen molar-refractivity contribution in [3.8, 4) is 12.3 Å². The zero-order valence-electron chi connectivity index (χ0n) is 11.1. The van der Waals surface area contributed by atoms with Gasteiger partial charge < -0.3 is 0 Å². The van der Waals surface area contributed by atoms with Crippen LogP contribution >= 0.6 is 11.6 Å². The minimum absolute atomic E-state index is 0.0385. The van der Waals surface area contributed by atoms with Crippen molar-refractivity contribution >= 4 is 17.8 Å². The van der Waals surface area contributed by atoms with Crippen LogP contribution in [0.15, 0.2) is 39.9 Å². The largest absolute Gasteiger partial charge is 0.416 e. The summed E-state index contributed by atoms with van der Waals surface area (Å²) in [7, 11) is 0. The van der Waals surface area contributed by atoms with Gasteiger partial charge in [0.25, 0.3) is 0 Å². The van der Waals surface area contributed by atoms with Gasteiger partial charge in [0.1, 0.15) is 0 Å². The summed E-state index contributed by atoms with van der Waals surface area (Å²) in [5.74, 6) is 2.51. The summed E-state index contributed by atoms with van der Waals surface area (Å²) in [4.78, 5) is 4.23. The summed E-state index contributed by atoms with van der Waals surface area (Å²) >= 11 is 6.09. The number of allylic oxidation sites excluding steroid dienone is 2. The average Bonchev–Trinajstić information content (AvgIpc) is 2.43. The Balaban J connectivity index is 2.16. The van der Waals surface area contributed by atoms with Gasteiger partial charge in [-0.1, -0.05) is 29.7 Å². The Morgan fingerprint density at radius 1 is 1.24 bits per heavy atom. The summed E-state index contributed by atoms with van der Waals surface area (Å²) in [5.41, 5.74) is 0.754. The molecule has 0 saturated heterocycles. The summed E-state index contributed by atoms with van der Waals surface area (Å²) in [6.07, 6.45) is 3.86. The van der Waals surface area contributed by atoms with E-state index in [4.69, 9.17) is 18.0 Å². The Morgan fingerprint density at radius 2 is 1.90 bits per heavy atom. The molecular formula is C16H13ClF3N. The van der Waals surface area contributed by atoms with Gasteiger partial charge in [-0.2, -0.15) is 13.2 Å². The zero-order chi connectivity index (χ0) is 15.5. The molecule has 0 saturated carbocycles. The molecule has 1 unspecified atom stereocenters. The molecule has 0 amide bonds. The number of terminal acetylenes is 1. The Hall–Kier alpha value is -1.73. The molecule has 1 nitrogen and oxygen atoms in total. The van der Waals surface area contributed by atoms with Crippen molar-refractivity contribution in [3.63, 3.8) is 0 Å². The van der Waals surface area contributed by atoms with Crippen LogP contribution in [0.2, 0.25) is 0 Å². The Labute approximate surface area is 126 Å². The summed E-state index contributed by atoms with van der Waals surface area (Å²) in [6, 6.07) is 5.21. The van der Waals surface area contributed by atoms with Crippen LogP contribution in [-0.2, 0) is 6.18 Å². The number of aliphatic imine (C=N–C) groups is 1. The van der Waals surface area contributed by atoms with Crippen LogP contribution in [0, 0.1) is 12.3 Å². The molecule has 1 heterocycles. The first-order valence-corrected chi connectivity index (χ1v) is 6.82. The van der Waals surface area contributed by atoms with Crippen molar-refractivity contribution in [1.29, 1.82) is 0 Å². The predicted octanol–water partition coefficient (Wildman–Crippen LogP) is 4.78. The molecule has 1 aliphatic rings. The molecule has 1 aromatic carbocycles. The minimum Gasteiger partial charge on any atom is -0.291 e. The Bertz CT molecular complexity index is 606. The highest BCUT2D eigenvalue weighted by molar-refractivity contribution is 6.31. The monoisotopic (exact) mass is 311 g/mol. The Morgan fingerprint density at radius 3 is 2.48 bits per heavy atom. The van der Waals surface area contributed by atoms with Crippen molar-refractivity contribution in [2.24, 2.45) is 4.99 Å². The molecule has 1 aromatic rings. The minimum atomic E-state index is -4.31. The van der Waals surface area contributed by atoms with E-state index < -0.39 is 11.7 Å². The van der Waals surface area contributed by atoms with Gasteiger partial charge in [0.15, 0.2) is 0 Å². The molecule has 0 radical (unpaired) electrons. The normalized spacial score (nSPS) is 19.9. The van der Waals surface area contributed by atoms with Gasteiger partial charge in [0.05, 0.1) is 11.1 Å². The van der Waals surface area contributed by atoms with Crippen molar-refractivity contribution in [3.05, 3.63) is 46.0 Å². The molecule has 0 fully saturated rings. The van der Waals surface area contributed by atoms with Crippen LogP contribution < -0.4 is 0 Å². The SMILES string of the molecule is C#CC1=C(Cl)CCC(c2ccc(C(F)(F)F)cc2)CN=C1. The first-order valence-electron chi connectivity index (χ1n) is 6.44. The van der Waals surface area contributed by atoms with E-state index in [1.54, 1.807) is 6.21 Å². The summed E-state index contributed by atoms with van der Waals surface area (Å²) in [5, 5.41) is 0.567. The molecule has 110 valence electrons. The maximum absolute atomic E-state index is 12.5. The van der Waals surface area contributed by atoms with Crippen molar-refractivity contribution in [2.45, 2.75) is 24.9 Å². The number of benzene rings is 1. The third-order valence-corrected chi connectivity index (χ3v) is 3.81. The van der Waals surface area contributed by atoms with Crippen LogP contribution in [-0.4, -0.2) is 12.8 Å². The first-order chi connectivity index (χ1) is 9.91. The van der Waals surface area contributed by atoms with E-state index in [0.717, 1.165) is 17.7 Å². The molecule has 2 rings (SSSR count).